The second-order valence-corrected chi connectivity index (χ2v) is 5.38. The Hall–Kier alpha value is -1.41. The first-order chi connectivity index (χ1) is 7.92. The van der Waals surface area contributed by atoms with Crippen molar-refractivity contribution in [3.63, 3.8) is 0 Å². The van der Waals surface area contributed by atoms with Gasteiger partial charge in [0, 0.05) is 5.39 Å². The van der Waals surface area contributed by atoms with Crippen molar-refractivity contribution in [2.75, 3.05) is 0 Å². The molecule has 0 unspecified atom stereocenters. The van der Waals surface area contributed by atoms with Crippen molar-refractivity contribution in [3.05, 3.63) is 41.4 Å². The third kappa shape index (κ3) is 1.20. The standard InChI is InChI=1S/C14H11NS/c1-2-9(1)10-3-5-12-11(7-10)4-6-13-14(12)16-8-15-13/h3-9H,1-2H2. The minimum Gasteiger partial charge on any atom is -0.245 e. The first-order valence-corrected chi connectivity index (χ1v) is 6.56. The topological polar surface area (TPSA) is 12.9 Å². The molecule has 1 aromatic heterocycles. The van der Waals surface area contributed by atoms with Crippen molar-refractivity contribution in [2.45, 2.75) is 18.8 Å². The Morgan fingerprint density at radius 2 is 2.06 bits per heavy atom. The van der Waals surface area contributed by atoms with Crippen LogP contribution in [0.5, 0.6) is 0 Å². The van der Waals surface area contributed by atoms with Gasteiger partial charge in [0.25, 0.3) is 0 Å². The highest BCUT2D eigenvalue weighted by molar-refractivity contribution is 7.17. The Bertz CT molecular complexity index is 679. The number of nitrogens with zero attached hydrogens (tertiary/aromatic N) is 1. The number of aromatic nitrogens is 1. The lowest BCUT2D eigenvalue weighted by Crippen LogP contribution is -1.80. The molecule has 1 heterocycles. The second kappa shape index (κ2) is 3.05. The van der Waals surface area contributed by atoms with E-state index in [9.17, 15) is 0 Å². The van der Waals surface area contributed by atoms with Crippen molar-refractivity contribution in [3.8, 4) is 0 Å². The molecule has 1 aliphatic carbocycles. The summed E-state index contributed by atoms with van der Waals surface area (Å²) in [6, 6.07) is 11.2. The fourth-order valence-corrected chi connectivity index (χ4v) is 3.17. The average Bonchev–Trinajstić information content (AvgIpc) is 3.06. The molecular formula is C14H11NS. The molecule has 0 spiro atoms. The van der Waals surface area contributed by atoms with Gasteiger partial charge < -0.3 is 0 Å². The summed E-state index contributed by atoms with van der Waals surface area (Å²) in [5, 5.41) is 2.71. The molecule has 2 heteroatoms. The van der Waals surface area contributed by atoms with Gasteiger partial charge in [-0.15, -0.1) is 11.3 Å². The molecule has 16 heavy (non-hydrogen) atoms. The van der Waals surface area contributed by atoms with Crippen molar-refractivity contribution >= 4 is 32.3 Å². The summed E-state index contributed by atoms with van der Waals surface area (Å²) in [6.45, 7) is 0. The fourth-order valence-electron chi connectivity index (χ4n) is 2.34. The van der Waals surface area contributed by atoms with E-state index in [1.807, 2.05) is 5.51 Å². The van der Waals surface area contributed by atoms with Gasteiger partial charge in [-0.2, -0.15) is 0 Å². The van der Waals surface area contributed by atoms with Gasteiger partial charge >= 0.3 is 0 Å². The minimum atomic E-state index is 0.835. The van der Waals surface area contributed by atoms with Crippen LogP contribution in [0.3, 0.4) is 0 Å². The maximum atomic E-state index is 4.36. The molecule has 0 amide bonds. The minimum absolute atomic E-state index is 0.835. The Morgan fingerprint density at radius 1 is 1.12 bits per heavy atom. The van der Waals surface area contributed by atoms with Gasteiger partial charge in [0.05, 0.1) is 15.7 Å². The zero-order valence-electron chi connectivity index (χ0n) is 8.81. The number of hydrogen-bond donors (Lipinski definition) is 0. The van der Waals surface area contributed by atoms with Gasteiger partial charge in [0.1, 0.15) is 0 Å². The number of hydrogen-bond acceptors (Lipinski definition) is 2. The predicted molar refractivity (Wildman–Crippen MR) is 69.1 cm³/mol. The number of thiazole rings is 1. The van der Waals surface area contributed by atoms with Gasteiger partial charge in [-0.3, -0.25) is 0 Å². The molecule has 0 N–H and O–H groups in total. The van der Waals surface area contributed by atoms with Crippen LogP contribution < -0.4 is 0 Å². The van der Waals surface area contributed by atoms with Crippen LogP contribution in [-0.4, -0.2) is 4.98 Å². The van der Waals surface area contributed by atoms with E-state index in [0.29, 0.717) is 0 Å². The summed E-state index contributed by atoms with van der Waals surface area (Å²) in [5.41, 5.74) is 4.56. The lowest BCUT2D eigenvalue weighted by Gasteiger charge is -2.02. The van der Waals surface area contributed by atoms with E-state index in [2.05, 4.69) is 35.3 Å². The molecule has 1 aliphatic rings. The molecule has 2 aromatic carbocycles. The zero-order valence-corrected chi connectivity index (χ0v) is 9.63. The van der Waals surface area contributed by atoms with Crippen LogP contribution in [0, 0.1) is 0 Å². The summed E-state index contributed by atoms with van der Waals surface area (Å²) in [5.74, 6) is 0.835. The molecule has 3 aromatic rings. The SMILES string of the molecule is c1nc2ccc3cc(C4CC4)ccc3c2s1. The number of rotatable bonds is 1. The van der Waals surface area contributed by atoms with E-state index < -0.39 is 0 Å². The van der Waals surface area contributed by atoms with E-state index in [-0.39, 0.29) is 0 Å². The first kappa shape index (κ1) is 8.71. The molecule has 1 nitrogen and oxygen atoms in total. The van der Waals surface area contributed by atoms with E-state index in [4.69, 9.17) is 0 Å². The molecule has 0 radical (unpaired) electrons. The van der Waals surface area contributed by atoms with Crippen molar-refractivity contribution in [2.24, 2.45) is 0 Å². The number of fused-ring (bicyclic) bond motifs is 3. The summed E-state index contributed by atoms with van der Waals surface area (Å²) >= 11 is 1.74. The van der Waals surface area contributed by atoms with Gasteiger partial charge in [0.2, 0.25) is 0 Å². The molecule has 0 bridgehead atoms. The van der Waals surface area contributed by atoms with E-state index in [1.54, 1.807) is 11.3 Å². The normalized spacial score (nSPS) is 16.0. The monoisotopic (exact) mass is 225 g/mol. The summed E-state index contributed by atoms with van der Waals surface area (Å²) in [6.07, 6.45) is 2.74. The Balaban J connectivity index is 2.07. The van der Waals surface area contributed by atoms with Crippen LogP contribution in [0.1, 0.15) is 24.3 Å². The highest BCUT2D eigenvalue weighted by atomic mass is 32.1. The molecule has 78 valence electrons. The predicted octanol–water partition coefficient (Wildman–Crippen LogP) is 4.33. The second-order valence-electron chi connectivity index (χ2n) is 4.52. The molecule has 1 saturated carbocycles. The smallest absolute Gasteiger partial charge is 0.0818 e. The average molecular weight is 225 g/mol. The summed E-state index contributed by atoms with van der Waals surface area (Å²) in [4.78, 5) is 4.36. The fraction of sp³-hybridized carbons (Fsp3) is 0.214. The molecule has 0 atom stereocenters. The largest absolute Gasteiger partial charge is 0.245 e. The van der Waals surface area contributed by atoms with Crippen molar-refractivity contribution < 1.29 is 0 Å². The lowest BCUT2D eigenvalue weighted by atomic mass is 10.0. The molecule has 1 fully saturated rings. The van der Waals surface area contributed by atoms with Crippen LogP contribution in [0.2, 0.25) is 0 Å². The van der Waals surface area contributed by atoms with E-state index in [0.717, 1.165) is 11.4 Å². The molecule has 0 aliphatic heterocycles. The van der Waals surface area contributed by atoms with Crippen LogP contribution in [0.15, 0.2) is 35.8 Å². The highest BCUT2D eigenvalue weighted by Crippen LogP contribution is 2.41. The summed E-state index contributed by atoms with van der Waals surface area (Å²) < 4.78 is 1.32. The maximum Gasteiger partial charge on any atom is 0.0818 e. The molecule has 0 saturated heterocycles. The van der Waals surface area contributed by atoms with Crippen LogP contribution in [0.25, 0.3) is 21.0 Å². The van der Waals surface area contributed by atoms with Crippen LogP contribution in [0.4, 0.5) is 0 Å². The van der Waals surface area contributed by atoms with E-state index >= 15 is 0 Å². The Labute approximate surface area is 97.7 Å². The maximum absolute atomic E-state index is 4.36. The quantitative estimate of drug-likeness (QED) is 0.600. The van der Waals surface area contributed by atoms with Crippen molar-refractivity contribution in [1.82, 2.24) is 4.98 Å². The third-order valence-electron chi connectivity index (χ3n) is 3.38. The Morgan fingerprint density at radius 3 is 2.94 bits per heavy atom. The van der Waals surface area contributed by atoms with Gasteiger partial charge in [0.15, 0.2) is 0 Å². The lowest BCUT2D eigenvalue weighted by molar-refractivity contribution is 1.14. The van der Waals surface area contributed by atoms with Crippen molar-refractivity contribution in [1.29, 1.82) is 0 Å². The van der Waals surface area contributed by atoms with Gasteiger partial charge in [-0.05, 0) is 35.8 Å². The number of benzene rings is 2. The highest BCUT2D eigenvalue weighted by Gasteiger charge is 2.23. The molecular weight excluding hydrogens is 214 g/mol. The van der Waals surface area contributed by atoms with Crippen LogP contribution in [-0.2, 0) is 0 Å². The van der Waals surface area contributed by atoms with Crippen LogP contribution >= 0.6 is 11.3 Å². The zero-order chi connectivity index (χ0) is 10.5. The molecule has 4 rings (SSSR count). The summed E-state index contributed by atoms with van der Waals surface area (Å²) in [7, 11) is 0. The Kier molecular flexibility index (Phi) is 1.66. The van der Waals surface area contributed by atoms with Gasteiger partial charge in [-0.25, -0.2) is 4.98 Å². The third-order valence-corrected chi connectivity index (χ3v) is 4.26. The first-order valence-electron chi connectivity index (χ1n) is 5.68. The van der Waals surface area contributed by atoms with E-state index in [1.165, 1.54) is 33.9 Å². The van der Waals surface area contributed by atoms with Gasteiger partial charge in [-0.1, -0.05) is 24.3 Å².